The van der Waals surface area contributed by atoms with Crippen LogP contribution in [0, 0.1) is 5.92 Å². The molecule has 1 amide bonds. The van der Waals surface area contributed by atoms with Crippen LogP contribution in [0.25, 0.3) is 0 Å². The van der Waals surface area contributed by atoms with Crippen LogP contribution in [0.15, 0.2) is 24.5 Å². The van der Waals surface area contributed by atoms with Crippen LogP contribution in [-0.4, -0.2) is 46.9 Å². The molecule has 0 aromatic carbocycles. The lowest BCUT2D eigenvalue weighted by Gasteiger charge is -2.44. The predicted molar refractivity (Wildman–Crippen MR) is 68.8 cm³/mol. The van der Waals surface area contributed by atoms with E-state index in [1.54, 1.807) is 6.20 Å². The molecule has 4 heteroatoms. The zero-order valence-corrected chi connectivity index (χ0v) is 10.7. The number of hydrogen-bond acceptors (Lipinski definition) is 3. The van der Waals surface area contributed by atoms with Gasteiger partial charge in [-0.1, -0.05) is 6.07 Å². The summed E-state index contributed by atoms with van der Waals surface area (Å²) in [6.45, 7) is 2.70. The molecule has 2 heterocycles. The van der Waals surface area contributed by atoms with E-state index in [9.17, 15) is 4.79 Å². The molecule has 1 aromatic heterocycles. The monoisotopic (exact) mass is 245 g/mol. The van der Waals surface area contributed by atoms with Gasteiger partial charge in [-0.15, -0.1) is 0 Å². The Labute approximate surface area is 108 Å². The average molecular weight is 245 g/mol. The molecular formula is C14H19N3O. The van der Waals surface area contributed by atoms with Gasteiger partial charge >= 0.3 is 0 Å². The minimum absolute atomic E-state index is 0.356. The molecule has 2 aliphatic rings. The third kappa shape index (κ3) is 2.38. The maximum atomic E-state index is 11.8. The van der Waals surface area contributed by atoms with E-state index in [0.717, 1.165) is 32.5 Å². The summed E-state index contributed by atoms with van der Waals surface area (Å²) in [5.41, 5.74) is 1.23. The number of rotatable bonds is 4. The summed E-state index contributed by atoms with van der Waals surface area (Å²) in [5.74, 6) is 0.732. The molecule has 3 rings (SSSR count). The van der Waals surface area contributed by atoms with E-state index in [-0.39, 0.29) is 0 Å². The molecule has 0 N–H and O–H groups in total. The molecule has 1 aliphatic carbocycles. The Balaban J connectivity index is 1.47. The van der Waals surface area contributed by atoms with Gasteiger partial charge in [0.2, 0.25) is 5.91 Å². The molecule has 1 aromatic rings. The van der Waals surface area contributed by atoms with Gasteiger partial charge in [-0.05, 0) is 31.5 Å². The number of aromatic nitrogens is 1. The first-order valence-electron chi connectivity index (χ1n) is 6.62. The van der Waals surface area contributed by atoms with E-state index in [2.05, 4.69) is 23.0 Å². The Morgan fingerprint density at radius 2 is 2.28 bits per heavy atom. The van der Waals surface area contributed by atoms with Crippen molar-refractivity contribution < 1.29 is 4.79 Å². The van der Waals surface area contributed by atoms with Gasteiger partial charge < -0.3 is 4.90 Å². The van der Waals surface area contributed by atoms with Crippen molar-refractivity contribution in [1.29, 1.82) is 0 Å². The van der Waals surface area contributed by atoms with Gasteiger partial charge in [-0.25, -0.2) is 0 Å². The van der Waals surface area contributed by atoms with Crippen molar-refractivity contribution in [3.05, 3.63) is 30.1 Å². The Hall–Kier alpha value is -1.42. The van der Waals surface area contributed by atoms with E-state index in [1.165, 1.54) is 5.56 Å². The molecule has 0 unspecified atom stereocenters. The fourth-order valence-corrected chi connectivity index (χ4v) is 2.41. The lowest BCUT2D eigenvalue weighted by atomic mass is 10.1. The summed E-state index contributed by atoms with van der Waals surface area (Å²) in [5, 5.41) is 0. The second-order valence-electron chi connectivity index (χ2n) is 5.45. The first kappa shape index (κ1) is 11.7. The number of likely N-dealkylation sites (tertiary alicyclic amines) is 1. The highest BCUT2D eigenvalue weighted by Crippen LogP contribution is 2.33. The van der Waals surface area contributed by atoms with Crippen molar-refractivity contribution in [2.24, 2.45) is 5.92 Å². The number of carbonyl (C=O) groups is 1. The molecule has 1 saturated heterocycles. The van der Waals surface area contributed by atoms with Crippen LogP contribution in [-0.2, 0) is 11.3 Å². The van der Waals surface area contributed by atoms with E-state index < -0.39 is 0 Å². The van der Waals surface area contributed by atoms with Crippen LogP contribution in [0.1, 0.15) is 18.4 Å². The summed E-state index contributed by atoms with van der Waals surface area (Å²) >= 11 is 0. The van der Waals surface area contributed by atoms with E-state index >= 15 is 0 Å². The van der Waals surface area contributed by atoms with Gasteiger partial charge in [-0.3, -0.25) is 14.7 Å². The lowest BCUT2D eigenvalue weighted by molar-refractivity contribution is -0.139. The number of pyridine rings is 1. The quantitative estimate of drug-likeness (QED) is 0.798. The second kappa shape index (κ2) is 4.69. The van der Waals surface area contributed by atoms with E-state index in [4.69, 9.17) is 0 Å². The highest BCUT2D eigenvalue weighted by atomic mass is 16.2. The summed E-state index contributed by atoms with van der Waals surface area (Å²) in [6, 6.07) is 4.57. The predicted octanol–water partition coefficient (Wildman–Crippen LogP) is 1.13. The molecule has 1 aliphatic heterocycles. The standard InChI is InChI=1S/C14H19N3O/c1-16(8-11-3-2-6-15-7-11)13-9-17(10-13)14(18)12-4-5-12/h2-3,6-7,12-13H,4-5,8-10H2,1H3. The number of hydrogen-bond donors (Lipinski definition) is 0. The lowest BCUT2D eigenvalue weighted by Crippen LogP contribution is -2.60. The van der Waals surface area contributed by atoms with Crippen LogP contribution in [0.2, 0.25) is 0 Å². The Bertz CT molecular complexity index is 424. The van der Waals surface area contributed by atoms with E-state index in [0.29, 0.717) is 17.9 Å². The summed E-state index contributed by atoms with van der Waals surface area (Å²) in [4.78, 5) is 20.3. The third-order valence-electron chi connectivity index (χ3n) is 3.88. The van der Waals surface area contributed by atoms with Crippen LogP contribution in [0.4, 0.5) is 0 Å². The van der Waals surface area contributed by atoms with Gasteiger partial charge in [0.15, 0.2) is 0 Å². The zero-order valence-electron chi connectivity index (χ0n) is 10.7. The topological polar surface area (TPSA) is 36.4 Å². The fourth-order valence-electron chi connectivity index (χ4n) is 2.41. The summed E-state index contributed by atoms with van der Waals surface area (Å²) in [7, 11) is 2.12. The largest absolute Gasteiger partial charge is 0.339 e. The number of likely N-dealkylation sites (N-methyl/N-ethyl adjacent to an activating group) is 1. The van der Waals surface area contributed by atoms with Crippen molar-refractivity contribution in [1.82, 2.24) is 14.8 Å². The van der Waals surface area contributed by atoms with Crippen LogP contribution >= 0.6 is 0 Å². The minimum atomic E-state index is 0.356. The van der Waals surface area contributed by atoms with Crippen molar-refractivity contribution in [2.75, 3.05) is 20.1 Å². The Kier molecular flexibility index (Phi) is 3.04. The van der Waals surface area contributed by atoms with E-state index in [1.807, 2.05) is 17.2 Å². The second-order valence-corrected chi connectivity index (χ2v) is 5.45. The number of nitrogens with zero attached hydrogens (tertiary/aromatic N) is 3. The van der Waals surface area contributed by atoms with Crippen LogP contribution in [0.5, 0.6) is 0 Å². The molecule has 0 atom stereocenters. The fraction of sp³-hybridized carbons (Fsp3) is 0.571. The normalized spacial score (nSPS) is 20.0. The Morgan fingerprint density at radius 3 is 2.89 bits per heavy atom. The molecule has 0 radical (unpaired) electrons. The highest BCUT2D eigenvalue weighted by molar-refractivity contribution is 5.81. The maximum Gasteiger partial charge on any atom is 0.225 e. The number of carbonyl (C=O) groups excluding carboxylic acids is 1. The Morgan fingerprint density at radius 1 is 1.50 bits per heavy atom. The third-order valence-corrected chi connectivity index (χ3v) is 3.88. The maximum absolute atomic E-state index is 11.8. The molecule has 1 saturated carbocycles. The molecule has 18 heavy (non-hydrogen) atoms. The highest BCUT2D eigenvalue weighted by Gasteiger charge is 2.40. The van der Waals surface area contributed by atoms with Gasteiger partial charge in [-0.2, -0.15) is 0 Å². The summed E-state index contributed by atoms with van der Waals surface area (Å²) < 4.78 is 0. The summed E-state index contributed by atoms with van der Waals surface area (Å²) in [6.07, 6.45) is 5.90. The first-order chi connectivity index (χ1) is 8.74. The minimum Gasteiger partial charge on any atom is -0.339 e. The van der Waals surface area contributed by atoms with Crippen molar-refractivity contribution in [3.63, 3.8) is 0 Å². The average Bonchev–Trinajstić information content (AvgIpc) is 3.11. The molecule has 2 fully saturated rings. The number of amides is 1. The van der Waals surface area contributed by atoms with Crippen LogP contribution < -0.4 is 0 Å². The molecule has 96 valence electrons. The van der Waals surface area contributed by atoms with Gasteiger partial charge in [0, 0.05) is 44.0 Å². The molecular weight excluding hydrogens is 226 g/mol. The van der Waals surface area contributed by atoms with Crippen LogP contribution in [0.3, 0.4) is 0 Å². The smallest absolute Gasteiger partial charge is 0.225 e. The zero-order chi connectivity index (χ0) is 12.5. The first-order valence-corrected chi connectivity index (χ1v) is 6.62. The molecule has 0 spiro atoms. The SMILES string of the molecule is CN(Cc1cccnc1)C1CN(C(=O)C2CC2)C1. The van der Waals surface area contributed by atoms with Gasteiger partial charge in [0.05, 0.1) is 0 Å². The van der Waals surface area contributed by atoms with Gasteiger partial charge in [0.1, 0.15) is 0 Å². The van der Waals surface area contributed by atoms with Gasteiger partial charge in [0.25, 0.3) is 0 Å². The van der Waals surface area contributed by atoms with Crippen molar-refractivity contribution in [2.45, 2.75) is 25.4 Å². The van der Waals surface area contributed by atoms with Crippen molar-refractivity contribution in [3.8, 4) is 0 Å². The van der Waals surface area contributed by atoms with Crippen molar-refractivity contribution >= 4 is 5.91 Å². The molecule has 4 nitrogen and oxygen atoms in total. The molecule has 0 bridgehead atoms.